The molecule has 3 N–H and O–H groups in total. The number of aryl methyl sites for hydroxylation is 2. The van der Waals surface area contributed by atoms with Gasteiger partial charge in [0.05, 0.1) is 5.75 Å². The van der Waals surface area contributed by atoms with Crippen molar-refractivity contribution in [2.24, 2.45) is 0 Å². The van der Waals surface area contributed by atoms with Crippen LogP contribution in [0.5, 0.6) is 0 Å². The molecule has 2 aromatic rings. The molecule has 27 heavy (non-hydrogen) atoms. The fourth-order valence-electron chi connectivity index (χ4n) is 2.96. The van der Waals surface area contributed by atoms with E-state index in [9.17, 15) is 9.59 Å². The van der Waals surface area contributed by atoms with E-state index in [1.54, 1.807) is 42.1 Å². The zero-order valence-corrected chi connectivity index (χ0v) is 15.9. The van der Waals surface area contributed by atoms with Crippen LogP contribution in [0.15, 0.2) is 60.0 Å². The van der Waals surface area contributed by atoms with Crippen molar-refractivity contribution in [3.05, 3.63) is 66.2 Å². The highest BCUT2D eigenvalue weighted by Crippen LogP contribution is 2.27. The molecule has 3 rings (SSSR count). The topological polar surface area (TPSA) is 70.2 Å². The van der Waals surface area contributed by atoms with Gasteiger partial charge in [0, 0.05) is 22.8 Å². The van der Waals surface area contributed by atoms with E-state index in [-0.39, 0.29) is 11.9 Å². The molecular weight excluding hydrogens is 358 g/mol. The fraction of sp³-hybridized carbons (Fsp3) is 0.238. The van der Waals surface area contributed by atoms with Crippen molar-refractivity contribution in [1.29, 1.82) is 0 Å². The van der Waals surface area contributed by atoms with Gasteiger partial charge in [-0.1, -0.05) is 12.1 Å². The number of anilines is 2. The van der Waals surface area contributed by atoms with Gasteiger partial charge in [0.1, 0.15) is 0 Å². The third-order valence-electron chi connectivity index (χ3n) is 4.27. The normalized spacial score (nSPS) is 12.1. The van der Waals surface area contributed by atoms with Crippen LogP contribution in [0.1, 0.15) is 17.5 Å². The predicted molar refractivity (Wildman–Crippen MR) is 111 cm³/mol. The maximum absolute atomic E-state index is 12.2. The Morgan fingerprint density at radius 1 is 1.00 bits per heavy atom. The monoisotopic (exact) mass is 381 g/mol. The van der Waals surface area contributed by atoms with Crippen LogP contribution in [-0.2, 0) is 17.6 Å². The molecule has 0 aliphatic heterocycles. The van der Waals surface area contributed by atoms with Gasteiger partial charge in [-0.2, -0.15) is 0 Å². The SMILES string of the molecule is C=CCNC(=O)Nc1ccc(NC(=O)CSc2ccc3c(c2)CCC3)cc1. The van der Waals surface area contributed by atoms with E-state index >= 15 is 0 Å². The predicted octanol–water partition coefficient (Wildman–Crippen LogP) is 4.21. The zero-order chi connectivity index (χ0) is 19.1. The van der Waals surface area contributed by atoms with Crippen molar-refractivity contribution in [2.45, 2.75) is 24.2 Å². The van der Waals surface area contributed by atoms with Crippen molar-refractivity contribution < 1.29 is 9.59 Å². The molecule has 0 saturated heterocycles. The van der Waals surface area contributed by atoms with Gasteiger partial charge in [-0.05, 0) is 66.8 Å². The van der Waals surface area contributed by atoms with E-state index in [1.165, 1.54) is 24.0 Å². The van der Waals surface area contributed by atoms with Crippen LogP contribution in [0.25, 0.3) is 0 Å². The Hall–Kier alpha value is -2.73. The van der Waals surface area contributed by atoms with E-state index in [2.05, 4.69) is 40.7 Å². The summed E-state index contributed by atoms with van der Waals surface area (Å²) in [7, 11) is 0. The highest BCUT2D eigenvalue weighted by molar-refractivity contribution is 8.00. The summed E-state index contributed by atoms with van der Waals surface area (Å²) in [6.07, 6.45) is 5.15. The summed E-state index contributed by atoms with van der Waals surface area (Å²) >= 11 is 1.55. The number of carbonyl (C=O) groups is 2. The smallest absolute Gasteiger partial charge is 0.319 e. The molecular formula is C21H23N3O2S. The second-order valence-corrected chi connectivity index (χ2v) is 7.37. The number of thioether (sulfide) groups is 1. The highest BCUT2D eigenvalue weighted by Gasteiger charge is 2.11. The second-order valence-electron chi connectivity index (χ2n) is 6.32. The van der Waals surface area contributed by atoms with Crippen molar-refractivity contribution in [3.8, 4) is 0 Å². The molecule has 2 aromatic carbocycles. The van der Waals surface area contributed by atoms with E-state index in [1.807, 2.05) is 0 Å². The fourth-order valence-corrected chi connectivity index (χ4v) is 3.72. The summed E-state index contributed by atoms with van der Waals surface area (Å²) in [6, 6.07) is 13.2. The number of hydrogen-bond acceptors (Lipinski definition) is 3. The molecule has 0 bridgehead atoms. The van der Waals surface area contributed by atoms with Crippen LogP contribution in [0.4, 0.5) is 16.2 Å². The number of hydrogen-bond donors (Lipinski definition) is 3. The summed E-state index contributed by atoms with van der Waals surface area (Å²) in [5, 5.41) is 8.22. The summed E-state index contributed by atoms with van der Waals surface area (Å²) in [5.74, 6) is 0.313. The van der Waals surface area contributed by atoms with Crippen molar-refractivity contribution >= 4 is 35.1 Å². The molecule has 6 heteroatoms. The lowest BCUT2D eigenvalue weighted by atomic mass is 10.1. The van der Waals surface area contributed by atoms with Crippen LogP contribution < -0.4 is 16.0 Å². The Morgan fingerprint density at radius 3 is 2.44 bits per heavy atom. The lowest BCUT2D eigenvalue weighted by Crippen LogP contribution is -2.28. The maximum atomic E-state index is 12.2. The second kappa shape index (κ2) is 9.28. The van der Waals surface area contributed by atoms with Gasteiger partial charge in [-0.25, -0.2) is 4.79 Å². The summed E-state index contributed by atoms with van der Waals surface area (Å²) in [5.41, 5.74) is 4.21. The Balaban J connectivity index is 1.46. The van der Waals surface area contributed by atoms with Gasteiger partial charge < -0.3 is 16.0 Å². The van der Waals surface area contributed by atoms with Crippen LogP contribution in [0.3, 0.4) is 0 Å². The van der Waals surface area contributed by atoms with Crippen molar-refractivity contribution in [3.63, 3.8) is 0 Å². The molecule has 0 spiro atoms. The first-order valence-electron chi connectivity index (χ1n) is 8.94. The minimum atomic E-state index is -0.294. The standard InChI is InChI=1S/C21H23N3O2S/c1-2-12-22-21(26)24-18-9-7-17(8-10-18)23-20(25)14-27-19-11-6-15-4-3-5-16(15)13-19/h2,6-11,13H,1,3-5,12,14H2,(H,23,25)(H2,22,24,26). The summed E-state index contributed by atoms with van der Waals surface area (Å²) in [4.78, 5) is 24.9. The average molecular weight is 382 g/mol. The lowest BCUT2D eigenvalue weighted by molar-refractivity contribution is -0.113. The number of benzene rings is 2. The molecule has 0 fully saturated rings. The number of nitrogens with one attached hydrogen (secondary N) is 3. The van der Waals surface area contributed by atoms with Crippen molar-refractivity contribution in [2.75, 3.05) is 22.9 Å². The van der Waals surface area contributed by atoms with Gasteiger partial charge in [0.25, 0.3) is 0 Å². The molecule has 0 radical (unpaired) electrons. The quantitative estimate of drug-likeness (QED) is 0.497. The minimum absolute atomic E-state index is 0.0510. The first-order chi connectivity index (χ1) is 13.1. The number of rotatable bonds is 7. The van der Waals surface area contributed by atoms with E-state index < -0.39 is 0 Å². The van der Waals surface area contributed by atoms with E-state index in [0.717, 1.165) is 11.3 Å². The number of amides is 3. The van der Waals surface area contributed by atoms with Gasteiger partial charge in [-0.15, -0.1) is 18.3 Å². The molecule has 0 heterocycles. The third kappa shape index (κ3) is 5.62. The molecule has 1 aliphatic rings. The Kier molecular flexibility index (Phi) is 6.54. The van der Waals surface area contributed by atoms with Gasteiger partial charge in [0.2, 0.25) is 5.91 Å². The Bertz CT molecular complexity index is 834. The molecule has 0 saturated carbocycles. The maximum Gasteiger partial charge on any atom is 0.319 e. The molecule has 1 aliphatic carbocycles. The Labute approximate surface area is 163 Å². The number of urea groups is 1. The van der Waals surface area contributed by atoms with E-state index in [4.69, 9.17) is 0 Å². The number of fused-ring (bicyclic) bond motifs is 1. The highest BCUT2D eigenvalue weighted by atomic mass is 32.2. The number of carbonyl (C=O) groups excluding carboxylic acids is 2. The molecule has 5 nitrogen and oxygen atoms in total. The van der Waals surface area contributed by atoms with Gasteiger partial charge in [-0.3, -0.25) is 4.79 Å². The third-order valence-corrected chi connectivity index (χ3v) is 5.27. The summed E-state index contributed by atoms with van der Waals surface area (Å²) in [6.45, 7) is 3.95. The molecule has 0 atom stereocenters. The van der Waals surface area contributed by atoms with Gasteiger partial charge >= 0.3 is 6.03 Å². The first kappa shape index (κ1) is 19.0. The first-order valence-corrected chi connectivity index (χ1v) is 9.93. The van der Waals surface area contributed by atoms with Crippen LogP contribution >= 0.6 is 11.8 Å². The molecule has 0 unspecified atom stereocenters. The minimum Gasteiger partial charge on any atom is -0.334 e. The largest absolute Gasteiger partial charge is 0.334 e. The molecule has 140 valence electrons. The van der Waals surface area contributed by atoms with Crippen LogP contribution in [-0.4, -0.2) is 24.2 Å². The molecule has 3 amide bonds. The average Bonchev–Trinajstić information content (AvgIpc) is 3.14. The van der Waals surface area contributed by atoms with Crippen molar-refractivity contribution in [1.82, 2.24) is 5.32 Å². The molecule has 0 aromatic heterocycles. The van der Waals surface area contributed by atoms with E-state index in [0.29, 0.717) is 23.7 Å². The summed E-state index contributed by atoms with van der Waals surface area (Å²) < 4.78 is 0. The van der Waals surface area contributed by atoms with Crippen LogP contribution in [0.2, 0.25) is 0 Å². The zero-order valence-electron chi connectivity index (χ0n) is 15.1. The van der Waals surface area contributed by atoms with Crippen LogP contribution in [0, 0.1) is 0 Å². The lowest BCUT2D eigenvalue weighted by Gasteiger charge is -2.09. The van der Waals surface area contributed by atoms with Gasteiger partial charge in [0.15, 0.2) is 0 Å². The Morgan fingerprint density at radius 2 is 1.70 bits per heavy atom.